The largest absolute Gasteiger partial charge is 0.508 e. The Morgan fingerprint density at radius 2 is 1.77 bits per heavy atom. The van der Waals surface area contributed by atoms with E-state index in [4.69, 9.17) is 5.73 Å². The summed E-state index contributed by atoms with van der Waals surface area (Å²) in [7, 11) is 0. The van der Waals surface area contributed by atoms with Gasteiger partial charge < -0.3 is 15.7 Å². The summed E-state index contributed by atoms with van der Waals surface area (Å²) in [5.41, 5.74) is 6.07. The molecular formula is C29H35F4N3O3. The number of halogens is 4. The molecule has 2 aliphatic heterocycles. The number of carbonyl (C=O) groups excluding carboxylic acids is 2. The number of hydrogen-bond acceptors (Lipinski definition) is 5. The number of nitrogens with zero attached hydrogens (tertiary/aromatic N) is 2. The Bertz CT molecular complexity index is 1180. The lowest BCUT2D eigenvalue weighted by molar-refractivity contribution is -0.214. The highest BCUT2D eigenvalue weighted by Gasteiger charge is 2.60. The van der Waals surface area contributed by atoms with E-state index in [0.717, 1.165) is 0 Å². The predicted octanol–water partition coefficient (Wildman–Crippen LogP) is 4.65. The van der Waals surface area contributed by atoms with Crippen LogP contribution in [0, 0.1) is 24.6 Å². The van der Waals surface area contributed by atoms with E-state index in [1.807, 2.05) is 0 Å². The Morgan fingerprint density at radius 3 is 2.41 bits per heavy atom. The lowest BCUT2D eigenvalue weighted by Gasteiger charge is -2.50. The standard InChI is InChI=1S/C29H35F4N3O3/c1-18-21(10-7-11-23(18)30)24-22(26(38)19-8-6-9-20(37)16-19)17-36(15-3-2-12-34)27(29(31,32)33)25(24)28(39)35-13-4-5-14-35/h6-11,16,22,24-25,27,37H,2-5,12-15,17,34H2,1H3/t22-,24+,25-,27-/m0/s1. The first-order valence-corrected chi connectivity index (χ1v) is 13.4. The van der Waals surface area contributed by atoms with Gasteiger partial charge in [-0.05, 0) is 75.0 Å². The molecule has 0 aliphatic carbocycles. The number of benzene rings is 2. The Balaban J connectivity index is 1.92. The summed E-state index contributed by atoms with van der Waals surface area (Å²) >= 11 is 0. The number of hydrogen-bond donors (Lipinski definition) is 2. The number of alkyl halides is 3. The van der Waals surface area contributed by atoms with E-state index in [9.17, 15) is 32.3 Å². The SMILES string of the molecule is Cc1c(F)cccc1[C@H]1[C@H](C(=O)N2CCCC2)[C@@H](C(F)(F)F)N(CCCCN)C[C@@H]1C(=O)c1cccc(O)c1. The van der Waals surface area contributed by atoms with E-state index in [1.165, 1.54) is 59.2 Å². The van der Waals surface area contributed by atoms with Gasteiger partial charge in [-0.3, -0.25) is 14.5 Å². The van der Waals surface area contributed by atoms with Gasteiger partial charge in [-0.2, -0.15) is 13.2 Å². The van der Waals surface area contributed by atoms with Crippen molar-refractivity contribution in [1.82, 2.24) is 9.80 Å². The molecule has 4 rings (SSSR count). The lowest BCUT2D eigenvalue weighted by Crippen LogP contribution is -2.63. The average molecular weight is 550 g/mol. The molecular weight excluding hydrogens is 514 g/mol. The van der Waals surface area contributed by atoms with Crippen molar-refractivity contribution in [1.29, 1.82) is 0 Å². The van der Waals surface area contributed by atoms with Gasteiger partial charge in [-0.25, -0.2) is 4.39 Å². The number of piperidine rings is 1. The van der Waals surface area contributed by atoms with Crippen molar-refractivity contribution in [3.8, 4) is 5.75 Å². The molecule has 212 valence electrons. The molecule has 4 atom stereocenters. The maximum absolute atomic E-state index is 14.9. The van der Waals surface area contributed by atoms with Gasteiger partial charge >= 0.3 is 6.18 Å². The number of ketones is 1. The van der Waals surface area contributed by atoms with Crippen LogP contribution in [0.5, 0.6) is 5.75 Å². The minimum absolute atomic E-state index is 0.00380. The highest BCUT2D eigenvalue weighted by atomic mass is 19.4. The van der Waals surface area contributed by atoms with Crippen molar-refractivity contribution in [3.63, 3.8) is 0 Å². The first-order chi connectivity index (χ1) is 18.5. The number of aromatic hydroxyl groups is 1. The van der Waals surface area contributed by atoms with E-state index in [0.29, 0.717) is 45.3 Å². The van der Waals surface area contributed by atoms with Gasteiger partial charge in [0.1, 0.15) is 17.6 Å². The molecule has 2 aromatic rings. The zero-order valence-corrected chi connectivity index (χ0v) is 22.0. The van der Waals surface area contributed by atoms with E-state index in [-0.39, 0.29) is 35.5 Å². The maximum atomic E-state index is 14.9. The second-order valence-electron chi connectivity index (χ2n) is 10.5. The third kappa shape index (κ3) is 6.11. The summed E-state index contributed by atoms with van der Waals surface area (Å²) in [6.45, 7) is 2.18. The monoisotopic (exact) mass is 549 g/mol. The summed E-state index contributed by atoms with van der Waals surface area (Å²) < 4.78 is 59.6. The average Bonchev–Trinajstić information content (AvgIpc) is 3.43. The normalized spacial score (nSPS) is 24.2. The van der Waals surface area contributed by atoms with Crippen molar-refractivity contribution in [2.75, 3.05) is 32.7 Å². The zero-order chi connectivity index (χ0) is 28.3. The maximum Gasteiger partial charge on any atom is 0.404 e. The van der Waals surface area contributed by atoms with Gasteiger partial charge in [0.05, 0.1) is 5.92 Å². The minimum Gasteiger partial charge on any atom is -0.508 e. The Kier molecular flexibility index (Phi) is 8.96. The first-order valence-electron chi connectivity index (χ1n) is 13.4. The Hall–Kier alpha value is -2.98. The Labute approximate surface area is 225 Å². The van der Waals surface area contributed by atoms with E-state index >= 15 is 0 Å². The third-order valence-corrected chi connectivity index (χ3v) is 8.06. The molecule has 6 nitrogen and oxygen atoms in total. The van der Waals surface area contributed by atoms with Crippen LogP contribution >= 0.6 is 0 Å². The fourth-order valence-electron chi connectivity index (χ4n) is 6.21. The van der Waals surface area contributed by atoms with Gasteiger partial charge in [-0.15, -0.1) is 0 Å². The number of unbranched alkanes of at least 4 members (excludes halogenated alkanes) is 1. The van der Waals surface area contributed by atoms with Crippen molar-refractivity contribution in [2.24, 2.45) is 17.6 Å². The molecule has 0 unspecified atom stereocenters. The van der Waals surface area contributed by atoms with Crippen LogP contribution in [0.4, 0.5) is 17.6 Å². The number of Topliss-reactive ketones (excluding diaryl/α,β-unsaturated/α-hetero) is 1. The Morgan fingerprint density at radius 1 is 1.08 bits per heavy atom. The molecule has 0 bridgehead atoms. The van der Waals surface area contributed by atoms with E-state index in [1.54, 1.807) is 0 Å². The van der Waals surface area contributed by atoms with Crippen LogP contribution in [0.2, 0.25) is 0 Å². The van der Waals surface area contributed by atoms with Crippen LogP contribution in [0.25, 0.3) is 0 Å². The zero-order valence-electron chi connectivity index (χ0n) is 22.0. The quantitative estimate of drug-likeness (QED) is 0.285. The fourth-order valence-corrected chi connectivity index (χ4v) is 6.21. The number of carbonyl (C=O) groups is 2. The summed E-state index contributed by atoms with van der Waals surface area (Å²) in [6.07, 6.45) is -2.55. The van der Waals surface area contributed by atoms with Crippen LogP contribution in [0.1, 0.15) is 53.1 Å². The van der Waals surface area contributed by atoms with Crippen LogP contribution in [-0.4, -0.2) is 71.5 Å². The van der Waals surface area contributed by atoms with Crippen molar-refractivity contribution >= 4 is 11.7 Å². The molecule has 39 heavy (non-hydrogen) atoms. The minimum atomic E-state index is -4.78. The molecule has 2 aromatic carbocycles. The number of likely N-dealkylation sites (tertiary alicyclic amines) is 2. The number of nitrogens with two attached hydrogens (primary N) is 1. The smallest absolute Gasteiger partial charge is 0.404 e. The highest BCUT2D eigenvalue weighted by molar-refractivity contribution is 5.99. The van der Waals surface area contributed by atoms with Crippen LogP contribution < -0.4 is 5.73 Å². The molecule has 0 saturated carbocycles. The third-order valence-electron chi connectivity index (χ3n) is 8.06. The summed E-state index contributed by atoms with van der Waals surface area (Å²) in [4.78, 5) is 30.6. The molecule has 2 fully saturated rings. The molecule has 2 saturated heterocycles. The molecule has 0 spiro atoms. The van der Waals surface area contributed by atoms with Gasteiger partial charge in [0.25, 0.3) is 0 Å². The second kappa shape index (κ2) is 12.0. The molecule has 2 heterocycles. The van der Waals surface area contributed by atoms with Crippen LogP contribution in [0.15, 0.2) is 42.5 Å². The molecule has 2 aliphatic rings. The van der Waals surface area contributed by atoms with Crippen LogP contribution in [0.3, 0.4) is 0 Å². The van der Waals surface area contributed by atoms with Gasteiger partial charge in [0, 0.05) is 37.0 Å². The van der Waals surface area contributed by atoms with E-state index in [2.05, 4.69) is 0 Å². The summed E-state index contributed by atoms with van der Waals surface area (Å²) in [5.74, 6) is -5.89. The molecule has 0 radical (unpaired) electrons. The number of amides is 1. The van der Waals surface area contributed by atoms with Crippen molar-refractivity contribution in [3.05, 3.63) is 65.0 Å². The molecule has 0 aromatic heterocycles. The summed E-state index contributed by atoms with van der Waals surface area (Å²) in [6, 6.07) is 7.62. The van der Waals surface area contributed by atoms with Gasteiger partial charge in [-0.1, -0.05) is 24.3 Å². The number of rotatable bonds is 8. The van der Waals surface area contributed by atoms with Gasteiger partial charge in [0.15, 0.2) is 5.78 Å². The predicted molar refractivity (Wildman–Crippen MR) is 139 cm³/mol. The van der Waals surface area contributed by atoms with E-state index < -0.39 is 47.5 Å². The molecule has 1 amide bonds. The van der Waals surface area contributed by atoms with Crippen molar-refractivity contribution < 1.29 is 32.3 Å². The highest BCUT2D eigenvalue weighted by Crippen LogP contribution is 2.49. The summed E-state index contributed by atoms with van der Waals surface area (Å²) in [5, 5.41) is 10.0. The second-order valence-corrected chi connectivity index (χ2v) is 10.5. The number of phenolic OH excluding ortho intramolecular Hbond substituents is 1. The van der Waals surface area contributed by atoms with Crippen molar-refractivity contribution in [2.45, 2.75) is 50.7 Å². The molecule has 10 heteroatoms. The van der Waals surface area contributed by atoms with Gasteiger partial charge in [0.2, 0.25) is 5.91 Å². The fraction of sp³-hybridized carbons (Fsp3) is 0.517. The first kappa shape index (κ1) is 29.0. The topological polar surface area (TPSA) is 86.9 Å². The lowest BCUT2D eigenvalue weighted by atomic mass is 9.66. The van der Waals surface area contributed by atoms with Crippen LogP contribution in [-0.2, 0) is 4.79 Å². The number of phenols is 1. The molecule has 3 N–H and O–H groups in total.